The minimum Gasteiger partial charge on any atom is -0.477 e. The van der Waals surface area contributed by atoms with Crippen LogP contribution in [0.4, 0.5) is 0 Å². The number of fused-ring (bicyclic) bond motifs is 2. The highest BCUT2D eigenvalue weighted by Gasteiger charge is 2.17. The lowest BCUT2D eigenvalue weighted by molar-refractivity contribution is 0.0688. The smallest absolute Gasteiger partial charge is 0.352 e. The topological polar surface area (TPSA) is 92.1 Å². The van der Waals surface area contributed by atoms with Crippen molar-refractivity contribution in [2.24, 2.45) is 5.73 Å². The third-order valence-electron chi connectivity index (χ3n) is 4.33. The molecule has 0 fully saturated rings. The first-order valence-corrected chi connectivity index (χ1v) is 7.77. The summed E-state index contributed by atoms with van der Waals surface area (Å²) >= 11 is 0. The summed E-state index contributed by atoms with van der Waals surface area (Å²) in [7, 11) is 0. The van der Waals surface area contributed by atoms with Crippen LogP contribution in [0.25, 0.3) is 27.4 Å². The van der Waals surface area contributed by atoms with E-state index in [0.717, 1.165) is 21.8 Å². The molecule has 0 atom stereocenters. The summed E-state index contributed by atoms with van der Waals surface area (Å²) in [5.74, 6) is -1.06. The van der Waals surface area contributed by atoms with E-state index < -0.39 is 5.97 Å². The zero-order chi connectivity index (χ0) is 17.6. The van der Waals surface area contributed by atoms with Gasteiger partial charge in [-0.05, 0) is 35.0 Å². The van der Waals surface area contributed by atoms with Crippen LogP contribution >= 0.6 is 0 Å². The third kappa shape index (κ3) is 2.42. The summed E-state index contributed by atoms with van der Waals surface area (Å²) in [5, 5.41) is 20.2. The maximum atomic E-state index is 11.8. The maximum absolute atomic E-state index is 11.8. The van der Waals surface area contributed by atoms with Gasteiger partial charge in [0.05, 0.1) is 5.52 Å². The molecule has 0 saturated carbocycles. The predicted molar refractivity (Wildman–Crippen MR) is 98.8 cm³/mol. The minimum atomic E-state index is -1.01. The molecule has 3 aromatic carbocycles. The van der Waals surface area contributed by atoms with Gasteiger partial charge in [-0.15, -0.1) is 0 Å². The number of benzene rings is 3. The quantitative estimate of drug-likeness (QED) is 0.394. The molecule has 0 radical (unpaired) electrons. The molecule has 0 aliphatic heterocycles. The van der Waals surface area contributed by atoms with Gasteiger partial charge in [0.15, 0.2) is 0 Å². The molecule has 0 amide bonds. The number of hydrogen-bond donors (Lipinski definition) is 3. The van der Waals surface area contributed by atoms with Crippen molar-refractivity contribution in [1.82, 2.24) is 4.57 Å². The summed E-state index contributed by atoms with van der Waals surface area (Å²) in [6.45, 7) is 0. The van der Waals surface area contributed by atoms with Crippen LogP contribution in [0.5, 0.6) is 0 Å². The largest absolute Gasteiger partial charge is 0.477 e. The number of carbonyl (C=O) groups is 1. The van der Waals surface area contributed by atoms with E-state index in [2.05, 4.69) is 0 Å². The predicted octanol–water partition coefficient (Wildman–Crippen LogP) is 3.77. The highest BCUT2D eigenvalue weighted by molar-refractivity contribution is 6.02. The molecule has 0 bridgehead atoms. The molecular formula is C20H15N3O2. The first-order valence-electron chi connectivity index (χ1n) is 7.77. The number of aromatic nitrogens is 1. The first-order chi connectivity index (χ1) is 12.0. The van der Waals surface area contributed by atoms with E-state index in [9.17, 15) is 9.90 Å². The van der Waals surface area contributed by atoms with Crippen molar-refractivity contribution in [2.45, 2.75) is 0 Å². The second-order valence-corrected chi connectivity index (χ2v) is 5.89. The molecular weight excluding hydrogens is 314 g/mol. The van der Waals surface area contributed by atoms with Gasteiger partial charge in [-0.25, -0.2) is 4.79 Å². The zero-order valence-corrected chi connectivity index (χ0v) is 13.2. The van der Waals surface area contributed by atoms with E-state index in [1.807, 2.05) is 42.5 Å². The molecule has 4 aromatic rings. The van der Waals surface area contributed by atoms with Gasteiger partial charge < -0.3 is 15.4 Å². The van der Waals surface area contributed by atoms with Crippen molar-refractivity contribution in [3.05, 3.63) is 78.0 Å². The number of nitrogens with zero attached hydrogens (tertiary/aromatic N) is 1. The number of aromatic carboxylic acids is 1. The molecule has 0 spiro atoms. The van der Waals surface area contributed by atoms with Gasteiger partial charge in [-0.1, -0.05) is 42.5 Å². The van der Waals surface area contributed by atoms with Crippen molar-refractivity contribution in [3.63, 3.8) is 0 Å². The molecule has 0 saturated heterocycles. The standard InChI is InChI=1S/C20H15N3O2/c21-19(22)15-6-5-14-10-18(20(24)25)23(17(14)11-15)16-8-7-12-3-1-2-4-13(12)9-16/h1-11H,(H3,21,22)(H,24,25). The molecule has 5 heteroatoms. The number of hydrogen-bond acceptors (Lipinski definition) is 2. The minimum absolute atomic E-state index is 0.0509. The lowest BCUT2D eigenvalue weighted by Gasteiger charge is -2.10. The third-order valence-corrected chi connectivity index (χ3v) is 4.33. The van der Waals surface area contributed by atoms with Crippen LogP contribution < -0.4 is 5.73 Å². The molecule has 0 aliphatic carbocycles. The van der Waals surface area contributed by atoms with Gasteiger partial charge in [-0.3, -0.25) is 5.41 Å². The van der Waals surface area contributed by atoms with Crippen molar-refractivity contribution in [1.29, 1.82) is 5.41 Å². The molecule has 4 rings (SSSR count). The van der Waals surface area contributed by atoms with E-state index in [0.29, 0.717) is 11.1 Å². The SMILES string of the molecule is N=C(N)c1ccc2cc(C(=O)O)n(-c3ccc4ccccc4c3)c2c1. The molecule has 4 N–H and O–H groups in total. The van der Waals surface area contributed by atoms with Crippen LogP contribution in [0.3, 0.4) is 0 Å². The Labute approximate surface area is 143 Å². The van der Waals surface area contributed by atoms with Gasteiger partial charge in [0, 0.05) is 16.6 Å². The molecule has 5 nitrogen and oxygen atoms in total. The van der Waals surface area contributed by atoms with Crippen LogP contribution in [-0.4, -0.2) is 21.5 Å². The Bertz CT molecular complexity index is 1160. The van der Waals surface area contributed by atoms with Crippen LogP contribution in [0.2, 0.25) is 0 Å². The first kappa shape index (κ1) is 15.0. The monoisotopic (exact) mass is 329 g/mol. The Morgan fingerprint density at radius 2 is 1.64 bits per heavy atom. The van der Waals surface area contributed by atoms with Crippen molar-refractivity contribution in [2.75, 3.05) is 0 Å². The zero-order valence-electron chi connectivity index (χ0n) is 13.2. The van der Waals surface area contributed by atoms with Crippen LogP contribution in [-0.2, 0) is 0 Å². The fraction of sp³-hybridized carbons (Fsp3) is 0. The Balaban J connectivity index is 2.05. The highest BCUT2D eigenvalue weighted by Crippen LogP contribution is 2.27. The lowest BCUT2D eigenvalue weighted by Crippen LogP contribution is -2.11. The second-order valence-electron chi connectivity index (χ2n) is 5.89. The molecule has 1 heterocycles. The molecule has 0 aliphatic rings. The van der Waals surface area contributed by atoms with Gasteiger partial charge in [-0.2, -0.15) is 0 Å². The number of carboxylic acids is 1. The Hall–Kier alpha value is -3.60. The van der Waals surface area contributed by atoms with E-state index >= 15 is 0 Å². The molecule has 0 unspecified atom stereocenters. The number of nitrogen functional groups attached to an aromatic ring is 1. The number of nitrogens with two attached hydrogens (primary N) is 1. The molecule has 1 aromatic heterocycles. The summed E-state index contributed by atoms with van der Waals surface area (Å²) in [6.07, 6.45) is 0. The van der Waals surface area contributed by atoms with Gasteiger partial charge in [0.2, 0.25) is 0 Å². The average Bonchev–Trinajstić information content (AvgIpc) is 3.00. The van der Waals surface area contributed by atoms with Crippen LogP contribution in [0, 0.1) is 5.41 Å². The fourth-order valence-electron chi connectivity index (χ4n) is 3.12. The normalized spacial score (nSPS) is 11.0. The summed E-state index contributed by atoms with van der Waals surface area (Å²) in [5.41, 5.74) is 7.79. The van der Waals surface area contributed by atoms with E-state index in [-0.39, 0.29) is 11.5 Å². The summed E-state index contributed by atoms with van der Waals surface area (Å²) < 4.78 is 1.69. The van der Waals surface area contributed by atoms with Crippen molar-refractivity contribution >= 4 is 33.5 Å². The number of amidine groups is 1. The Morgan fingerprint density at radius 1 is 0.920 bits per heavy atom. The number of rotatable bonds is 3. The van der Waals surface area contributed by atoms with Gasteiger partial charge in [0.25, 0.3) is 0 Å². The number of nitrogens with one attached hydrogen (secondary N) is 1. The maximum Gasteiger partial charge on any atom is 0.352 e. The average molecular weight is 329 g/mol. The van der Waals surface area contributed by atoms with Crippen molar-refractivity contribution < 1.29 is 9.90 Å². The van der Waals surface area contributed by atoms with Crippen LogP contribution in [0.15, 0.2) is 66.7 Å². The Kier molecular flexibility index (Phi) is 3.28. The molecule has 122 valence electrons. The van der Waals surface area contributed by atoms with Gasteiger partial charge >= 0.3 is 5.97 Å². The molecule has 25 heavy (non-hydrogen) atoms. The number of carboxylic acid groups (broad SMARTS) is 1. The summed E-state index contributed by atoms with van der Waals surface area (Å²) in [6, 6.07) is 20.6. The van der Waals surface area contributed by atoms with Crippen molar-refractivity contribution in [3.8, 4) is 5.69 Å². The van der Waals surface area contributed by atoms with Crippen LogP contribution in [0.1, 0.15) is 16.1 Å². The van der Waals surface area contributed by atoms with E-state index in [1.54, 1.807) is 28.8 Å². The Morgan fingerprint density at radius 3 is 2.36 bits per heavy atom. The van der Waals surface area contributed by atoms with Gasteiger partial charge in [0.1, 0.15) is 11.5 Å². The van der Waals surface area contributed by atoms with E-state index in [1.165, 1.54) is 0 Å². The second kappa shape index (κ2) is 5.49. The highest BCUT2D eigenvalue weighted by atomic mass is 16.4. The van der Waals surface area contributed by atoms with E-state index in [4.69, 9.17) is 11.1 Å². The summed E-state index contributed by atoms with van der Waals surface area (Å²) in [4.78, 5) is 11.8. The lowest BCUT2D eigenvalue weighted by atomic mass is 10.1. The fourth-order valence-corrected chi connectivity index (χ4v) is 3.12.